The van der Waals surface area contributed by atoms with E-state index in [-0.39, 0.29) is 0 Å². The van der Waals surface area contributed by atoms with Gasteiger partial charge in [-0.3, -0.25) is 0 Å². The van der Waals surface area contributed by atoms with Gasteiger partial charge in [-0.2, -0.15) is 0 Å². The zero-order chi connectivity index (χ0) is 12.4. The van der Waals surface area contributed by atoms with Crippen molar-refractivity contribution >= 4 is 21.9 Å². The largest absolute Gasteiger partial charge is 0.339 e. The maximum absolute atomic E-state index is 4.43. The quantitative estimate of drug-likeness (QED) is 0.796. The third-order valence-electron chi connectivity index (χ3n) is 3.36. The van der Waals surface area contributed by atoms with Crippen molar-refractivity contribution in [3.63, 3.8) is 0 Å². The molecule has 1 aliphatic heterocycles. The number of alkyl halides is 1. The molecular formula is C12H19BrN4. The van der Waals surface area contributed by atoms with Gasteiger partial charge in [0.25, 0.3) is 0 Å². The van der Waals surface area contributed by atoms with Crippen molar-refractivity contribution in [3.8, 4) is 0 Å². The van der Waals surface area contributed by atoms with Crippen LogP contribution in [0.25, 0.3) is 0 Å². The van der Waals surface area contributed by atoms with E-state index in [1.165, 1.54) is 0 Å². The van der Waals surface area contributed by atoms with E-state index in [1.807, 2.05) is 12.4 Å². The highest BCUT2D eigenvalue weighted by Gasteiger charge is 2.32. The van der Waals surface area contributed by atoms with Gasteiger partial charge >= 0.3 is 0 Å². The van der Waals surface area contributed by atoms with Crippen LogP contribution in [0.1, 0.15) is 12.5 Å². The predicted octanol–water partition coefficient (Wildman–Crippen LogP) is 1.76. The number of aromatic nitrogens is 2. The number of hydrogen-bond acceptors (Lipinski definition) is 4. The standard InChI is InChI=1S/C12H19BrN4/c1-9-7-17(8-11(9)16(2)3)12-14-5-10(4-13)6-15-12/h5-6,9,11H,4,7-8H2,1-3H3. The summed E-state index contributed by atoms with van der Waals surface area (Å²) in [5.74, 6) is 1.51. The molecule has 0 spiro atoms. The lowest BCUT2D eigenvalue weighted by Gasteiger charge is -2.22. The van der Waals surface area contributed by atoms with Crippen molar-refractivity contribution in [2.45, 2.75) is 18.3 Å². The predicted molar refractivity (Wildman–Crippen MR) is 73.5 cm³/mol. The minimum atomic E-state index is 0.592. The summed E-state index contributed by atoms with van der Waals surface area (Å²) >= 11 is 3.40. The third kappa shape index (κ3) is 2.77. The number of halogens is 1. The molecule has 17 heavy (non-hydrogen) atoms. The van der Waals surface area contributed by atoms with Crippen molar-refractivity contribution in [3.05, 3.63) is 18.0 Å². The second-order valence-electron chi connectivity index (χ2n) is 4.94. The molecule has 0 radical (unpaired) electrons. The number of nitrogens with zero attached hydrogens (tertiary/aromatic N) is 4. The average Bonchev–Trinajstić information content (AvgIpc) is 2.71. The fraction of sp³-hybridized carbons (Fsp3) is 0.667. The Morgan fingerprint density at radius 1 is 1.35 bits per heavy atom. The highest BCUT2D eigenvalue weighted by molar-refractivity contribution is 9.08. The Bertz CT molecular complexity index is 365. The first-order valence-corrected chi connectivity index (χ1v) is 7.02. The molecule has 1 aliphatic rings. The average molecular weight is 299 g/mol. The van der Waals surface area contributed by atoms with Crippen molar-refractivity contribution in [1.82, 2.24) is 14.9 Å². The zero-order valence-corrected chi connectivity index (χ0v) is 12.2. The molecule has 2 atom stereocenters. The number of rotatable bonds is 3. The van der Waals surface area contributed by atoms with E-state index < -0.39 is 0 Å². The molecule has 94 valence electrons. The van der Waals surface area contributed by atoms with Crippen LogP contribution in [0.5, 0.6) is 0 Å². The van der Waals surface area contributed by atoms with Gasteiger partial charge in [-0.1, -0.05) is 22.9 Å². The maximum atomic E-state index is 4.43. The smallest absolute Gasteiger partial charge is 0.225 e. The lowest BCUT2D eigenvalue weighted by Crippen LogP contribution is -2.34. The van der Waals surface area contributed by atoms with Crippen LogP contribution in [0.2, 0.25) is 0 Å². The summed E-state index contributed by atoms with van der Waals surface area (Å²) in [6.07, 6.45) is 3.79. The van der Waals surface area contributed by atoms with E-state index in [0.29, 0.717) is 12.0 Å². The SMILES string of the molecule is CC1CN(c2ncc(CBr)cn2)CC1N(C)C. The van der Waals surface area contributed by atoms with E-state index in [9.17, 15) is 0 Å². The summed E-state index contributed by atoms with van der Waals surface area (Å²) in [5.41, 5.74) is 1.12. The van der Waals surface area contributed by atoms with Crippen LogP contribution in [0, 0.1) is 5.92 Å². The maximum Gasteiger partial charge on any atom is 0.225 e. The Hall–Kier alpha value is -0.680. The molecule has 1 saturated heterocycles. The van der Waals surface area contributed by atoms with Crippen LogP contribution in [0.3, 0.4) is 0 Å². The van der Waals surface area contributed by atoms with Gasteiger partial charge in [0, 0.05) is 36.9 Å². The van der Waals surface area contributed by atoms with Gasteiger partial charge < -0.3 is 9.80 Å². The molecule has 5 heteroatoms. The Balaban J connectivity index is 2.08. The Morgan fingerprint density at radius 2 is 2.00 bits per heavy atom. The van der Waals surface area contributed by atoms with Crippen molar-refractivity contribution < 1.29 is 0 Å². The fourth-order valence-corrected chi connectivity index (χ4v) is 2.65. The van der Waals surface area contributed by atoms with E-state index in [4.69, 9.17) is 0 Å². The Kier molecular flexibility index (Phi) is 3.99. The van der Waals surface area contributed by atoms with E-state index in [0.717, 1.165) is 29.9 Å². The molecular weight excluding hydrogens is 280 g/mol. The monoisotopic (exact) mass is 298 g/mol. The summed E-state index contributed by atoms with van der Waals surface area (Å²) in [7, 11) is 4.28. The summed E-state index contributed by atoms with van der Waals surface area (Å²) in [5, 5.41) is 0.810. The summed E-state index contributed by atoms with van der Waals surface area (Å²) in [6, 6.07) is 0.592. The van der Waals surface area contributed by atoms with Crippen molar-refractivity contribution in [2.75, 3.05) is 32.1 Å². The second kappa shape index (κ2) is 5.31. The van der Waals surface area contributed by atoms with Gasteiger partial charge in [-0.25, -0.2) is 9.97 Å². The lowest BCUT2D eigenvalue weighted by atomic mass is 10.1. The van der Waals surface area contributed by atoms with Gasteiger partial charge in [-0.05, 0) is 25.6 Å². The normalized spacial score (nSPS) is 24.6. The van der Waals surface area contributed by atoms with Crippen LogP contribution in [-0.2, 0) is 5.33 Å². The van der Waals surface area contributed by atoms with Gasteiger partial charge in [-0.15, -0.1) is 0 Å². The Labute approximate surface area is 111 Å². The highest BCUT2D eigenvalue weighted by Crippen LogP contribution is 2.23. The molecule has 0 bridgehead atoms. The highest BCUT2D eigenvalue weighted by atomic mass is 79.9. The van der Waals surface area contributed by atoms with Gasteiger partial charge in [0.15, 0.2) is 0 Å². The topological polar surface area (TPSA) is 32.3 Å². The van der Waals surface area contributed by atoms with E-state index in [1.54, 1.807) is 0 Å². The zero-order valence-electron chi connectivity index (χ0n) is 10.6. The number of anilines is 1. The summed E-state index contributed by atoms with van der Waals surface area (Å²) in [6.45, 7) is 4.34. The first-order valence-electron chi connectivity index (χ1n) is 5.90. The second-order valence-corrected chi connectivity index (χ2v) is 5.50. The molecule has 2 unspecified atom stereocenters. The summed E-state index contributed by atoms with van der Waals surface area (Å²) in [4.78, 5) is 13.4. The molecule has 0 aromatic carbocycles. The Morgan fingerprint density at radius 3 is 2.47 bits per heavy atom. The lowest BCUT2D eigenvalue weighted by molar-refractivity contribution is 0.266. The van der Waals surface area contributed by atoms with Gasteiger partial charge in [0.05, 0.1) is 0 Å². The van der Waals surface area contributed by atoms with Crippen LogP contribution < -0.4 is 4.90 Å². The molecule has 2 rings (SSSR count). The molecule has 1 aromatic heterocycles. The van der Waals surface area contributed by atoms with Crippen molar-refractivity contribution in [1.29, 1.82) is 0 Å². The van der Waals surface area contributed by atoms with Gasteiger partial charge in [0.2, 0.25) is 5.95 Å². The van der Waals surface area contributed by atoms with Crippen LogP contribution >= 0.6 is 15.9 Å². The molecule has 4 nitrogen and oxygen atoms in total. The van der Waals surface area contributed by atoms with Crippen molar-refractivity contribution in [2.24, 2.45) is 5.92 Å². The minimum Gasteiger partial charge on any atom is -0.339 e. The van der Waals surface area contributed by atoms with E-state index >= 15 is 0 Å². The molecule has 0 aliphatic carbocycles. The number of likely N-dealkylation sites (N-methyl/N-ethyl adjacent to an activating group) is 1. The van der Waals surface area contributed by atoms with Crippen LogP contribution in [-0.4, -0.2) is 48.1 Å². The summed E-state index contributed by atoms with van der Waals surface area (Å²) < 4.78 is 0. The molecule has 0 amide bonds. The molecule has 0 N–H and O–H groups in total. The molecule has 1 fully saturated rings. The molecule has 2 heterocycles. The minimum absolute atomic E-state index is 0.592. The molecule has 1 aromatic rings. The first-order chi connectivity index (χ1) is 8.11. The fourth-order valence-electron chi connectivity index (χ4n) is 2.37. The van der Waals surface area contributed by atoms with Crippen LogP contribution in [0.15, 0.2) is 12.4 Å². The van der Waals surface area contributed by atoms with Crippen LogP contribution in [0.4, 0.5) is 5.95 Å². The van der Waals surface area contributed by atoms with Gasteiger partial charge in [0.1, 0.15) is 0 Å². The molecule has 0 saturated carbocycles. The third-order valence-corrected chi connectivity index (χ3v) is 4.01. The number of hydrogen-bond donors (Lipinski definition) is 0. The van der Waals surface area contributed by atoms with E-state index in [2.05, 4.69) is 56.7 Å². The first kappa shape index (κ1) is 12.8.